The van der Waals surface area contributed by atoms with E-state index in [1.807, 2.05) is 30.3 Å². The maximum absolute atomic E-state index is 13.2. The summed E-state index contributed by atoms with van der Waals surface area (Å²) in [5.74, 6) is 0.760. The highest BCUT2D eigenvalue weighted by Crippen LogP contribution is 2.22. The summed E-state index contributed by atoms with van der Waals surface area (Å²) in [6.07, 6.45) is 0. The minimum atomic E-state index is -0.252. The lowest BCUT2D eigenvalue weighted by Crippen LogP contribution is -2.02. The predicted octanol–water partition coefficient (Wildman–Crippen LogP) is 3.29. The average Bonchev–Trinajstić information content (AvgIpc) is 3.21. The van der Waals surface area contributed by atoms with Gasteiger partial charge in [-0.25, -0.2) is 9.07 Å². The van der Waals surface area contributed by atoms with Crippen molar-refractivity contribution in [3.05, 3.63) is 65.8 Å². The van der Waals surface area contributed by atoms with Gasteiger partial charge < -0.3 is 4.42 Å². The van der Waals surface area contributed by atoms with E-state index >= 15 is 0 Å². The van der Waals surface area contributed by atoms with Gasteiger partial charge >= 0.3 is 0 Å². The summed E-state index contributed by atoms with van der Waals surface area (Å²) in [4.78, 5) is 0. The van der Waals surface area contributed by atoms with Crippen molar-refractivity contribution in [1.29, 1.82) is 0 Å². The van der Waals surface area contributed by atoms with E-state index < -0.39 is 0 Å². The lowest BCUT2D eigenvalue weighted by Gasteiger charge is -1.98. The Morgan fingerprint density at radius 3 is 2.88 bits per heavy atom. The first kappa shape index (κ1) is 14.8. The van der Waals surface area contributed by atoms with Gasteiger partial charge in [0.2, 0.25) is 5.89 Å². The molecule has 4 rings (SSSR count). The van der Waals surface area contributed by atoms with Gasteiger partial charge in [0, 0.05) is 5.75 Å². The van der Waals surface area contributed by atoms with Gasteiger partial charge in [0.25, 0.3) is 5.22 Å². The molecule has 2 heterocycles. The van der Waals surface area contributed by atoms with Crippen LogP contribution in [0, 0.1) is 5.82 Å². The Morgan fingerprint density at radius 1 is 1.04 bits per heavy atom. The first-order valence-electron chi connectivity index (χ1n) is 7.26. The number of hydrogen-bond acceptors (Lipinski definition) is 6. The lowest BCUT2D eigenvalue weighted by atomic mass is 10.2. The van der Waals surface area contributed by atoms with Crippen molar-refractivity contribution in [3.63, 3.8) is 0 Å². The number of rotatable bonds is 5. The number of para-hydroxylation sites is 1. The Bertz CT molecular complexity index is 983. The van der Waals surface area contributed by atoms with Crippen LogP contribution >= 0.6 is 11.8 Å². The molecule has 4 aromatic rings. The van der Waals surface area contributed by atoms with Crippen LogP contribution in [0.4, 0.5) is 4.39 Å². The second-order valence-electron chi connectivity index (χ2n) is 5.12. The fourth-order valence-electron chi connectivity index (χ4n) is 2.29. The molecule has 0 saturated heterocycles. The molecular weight excluding hydrogens is 329 g/mol. The minimum absolute atomic E-state index is 0.252. The Hall–Kier alpha value is -2.74. The molecule has 0 aliphatic heterocycles. The molecule has 0 amide bonds. The Balaban J connectivity index is 1.45. The van der Waals surface area contributed by atoms with Gasteiger partial charge in [0.15, 0.2) is 0 Å². The molecule has 120 valence electrons. The highest BCUT2D eigenvalue weighted by atomic mass is 32.2. The SMILES string of the molecule is Fc1cccc(CSc2nnc(Cn3nnc4ccccc43)o2)c1. The van der Waals surface area contributed by atoms with Gasteiger partial charge in [-0.15, -0.1) is 15.3 Å². The first-order valence-corrected chi connectivity index (χ1v) is 8.24. The quantitative estimate of drug-likeness (QED) is 0.519. The maximum atomic E-state index is 13.2. The third-order valence-electron chi connectivity index (χ3n) is 3.40. The van der Waals surface area contributed by atoms with E-state index in [2.05, 4.69) is 20.5 Å². The summed E-state index contributed by atoms with van der Waals surface area (Å²) in [6, 6.07) is 14.1. The van der Waals surface area contributed by atoms with E-state index in [9.17, 15) is 4.39 Å². The van der Waals surface area contributed by atoms with E-state index in [0.717, 1.165) is 16.6 Å². The summed E-state index contributed by atoms with van der Waals surface area (Å²) >= 11 is 1.37. The molecule has 24 heavy (non-hydrogen) atoms. The molecule has 0 spiro atoms. The van der Waals surface area contributed by atoms with Gasteiger partial charge in [0.1, 0.15) is 17.9 Å². The molecule has 0 bridgehead atoms. The van der Waals surface area contributed by atoms with Gasteiger partial charge in [-0.05, 0) is 29.8 Å². The molecule has 0 saturated carbocycles. The average molecular weight is 341 g/mol. The molecule has 0 unspecified atom stereocenters. The van der Waals surface area contributed by atoms with Crippen LogP contribution in [0.15, 0.2) is 58.2 Å². The second kappa shape index (κ2) is 6.40. The van der Waals surface area contributed by atoms with Gasteiger partial charge in [-0.1, -0.05) is 41.2 Å². The van der Waals surface area contributed by atoms with Gasteiger partial charge in [-0.2, -0.15) is 0 Å². The third-order valence-corrected chi connectivity index (χ3v) is 4.29. The molecule has 2 aromatic carbocycles. The van der Waals surface area contributed by atoms with E-state index in [1.165, 1.54) is 23.9 Å². The molecule has 0 radical (unpaired) electrons. The zero-order valence-electron chi connectivity index (χ0n) is 12.5. The fraction of sp³-hybridized carbons (Fsp3) is 0.125. The van der Waals surface area contributed by atoms with Crippen molar-refractivity contribution in [2.75, 3.05) is 0 Å². The summed E-state index contributed by atoms with van der Waals surface area (Å²) in [7, 11) is 0. The van der Waals surface area contributed by atoms with Crippen LogP contribution in [0.3, 0.4) is 0 Å². The summed E-state index contributed by atoms with van der Waals surface area (Å²) < 4.78 is 20.5. The normalized spacial score (nSPS) is 11.2. The van der Waals surface area contributed by atoms with Crippen molar-refractivity contribution < 1.29 is 8.81 Å². The molecule has 0 N–H and O–H groups in total. The molecule has 2 aromatic heterocycles. The maximum Gasteiger partial charge on any atom is 0.276 e. The van der Waals surface area contributed by atoms with Crippen molar-refractivity contribution in [2.45, 2.75) is 17.5 Å². The van der Waals surface area contributed by atoms with E-state index in [0.29, 0.717) is 23.4 Å². The zero-order valence-corrected chi connectivity index (χ0v) is 13.3. The lowest BCUT2D eigenvalue weighted by molar-refractivity contribution is 0.398. The smallest absolute Gasteiger partial charge is 0.276 e. The Morgan fingerprint density at radius 2 is 1.96 bits per heavy atom. The third kappa shape index (κ3) is 3.13. The van der Waals surface area contributed by atoms with Crippen LogP contribution in [-0.2, 0) is 12.3 Å². The number of fused-ring (bicyclic) bond motifs is 1. The van der Waals surface area contributed by atoms with Crippen LogP contribution in [-0.4, -0.2) is 25.2 Å². The number of nitrogens with zero attached hydrogens (tertiary/aromatic N) is 5. The largest absolute Gasteiger partial charge is 0.414 e. The van der Waals surface area contributed by atoms with E-state index in [1.54, 1.807) is 10.7 Å². The highest BCUT2D eigenvalue weighted by Gasteiger charge is 2.11. The standard InChI is InChI=1S/C16H12FN5OS/c17-12-5-3-4-11(8-12)10-24-16-20-19-15(23-16)9-22-14-7-2-1-6-13(14)18-21-22/h1-8H,9-10H2. The number of aromatic nitrogens is 5. The van der Waals surface area contributed by atoms with Gasteiger partial charge in [-0.3, -0.25) is 0 Å². The molecule has 0 aliphatic rings. The molecule has 0 aliphatic carbocycles. The molecule has 0 fully saturated rings. The molecule has 0 atom stereocenters. The van der Waals surface area contributed by atoms with Crippen molar-refractivity contribution in [3.8, 4) is 0 Å². The molecule has 8 heteroatoms. The number of halogens is 1. The summed E-state index contributed by atoms with van der Waals surface area (Å²) in [6.45, 7) is 0.355. The highest BCUT2D eigenvalue weighted by molar-refractivity contribution is 7.98. The first-order chi connectivity index (χ1) is 11.8. The van der Waals surface area contributed by atoms with Crippen LogP contribution < -0.4 is 0 Å². The molecular formula is C16H12FN5OS. The molecule has 6 nitrogen and oxygen atoms in total. The predicted molar refractivity (Wildman–Crippen MR) is 86.9 cm³/mol. The Kier molecular flexibility index (Phi) is 3.96. The summed E-state index contributed by atoms with van der Waals surface area (Å²) in [5.41, 5.74) is 2.59. The van der Waals surface area contributed by atoms with Crippen molar-refractivity contribution in [2.24, 2.45) is 0 Å². The van der Waals surface area contributed by atoms with Crippen molar-refractivity contribution >= 4 is 22.8 Å². The number of benzene rings is 2. The second-order valence-corrected chi connectivity index (χ2v) is 6.04. The monoisotopic (exact) mass is 341 g/mol. The topological polar surface area (TPSA) is 69.6 Å². The van der Waals surface area contributed by atoms with Gasteiger partial charge in [0.05, 0.1) is 5.52 Å². The van der Waals surface area contributed by atoms with Crippen LogP contribution in [0.2, 0.25) is 0 Å². The Labute approximate surface area is 140 Å². The number of hydrogen-bond donors (Lipinski definition) is 0. The van der Waals surface area contributed by atoms with Crippen LogP contribution in [0.5, 0.6) is 0 Å². The minimum Gasteiger partial charge on any atom is -0.414 e. The van der Waals surface area contributed by atoms with Crippen LogP contribution in [0.1, 0.15) is 11.5 Å². The van der Waals surface area contributed by atoms with E-state index in [-0.39, 0.29) is 5.82 Å². The summed E-state index contributed by atoms with van der Waals surface area (Å²) in [5, 5.41) is 16.7. The van der Waals surface area contributed by atoms with E-state index in [4.69, 9.17) is 4.42 Å². The zero-order chi connectivity index (χ0) is 16.4. The fourth-order valence-corrected chi connectivity index (χ4v) is 3.02. The van der Waals surface area contributed by atoms with Crippen LogP contribution in [0.25, 0.3) is 11.0 Å². The number of thioether (sulfide) groups is 1. The van der Waals surface area contributed by atoms with Crippen molar-refractivity contribution in [1.82, 2.24) is 25.2 Å².